The van der Waals surface area contributed by atoms with Gasteiger partial charge in [-0.15, -0.1) is 0 Å². The third-order valence-electron chi connectivity index (χ3n) is 5.34. The van der Waals surface area contributed by atoms with Crippen molar-refractivity contribution in [1.82, 2.24) is 14.9 Å². The number of para-hydroxylation sites is 1. The Hall–Kier alpha value is -3.57. The predicted octanol–water partition coefficient (Wildman–Crippen LogP) is 2.39. The fourth-order valence-corrected chi connectivity index (χ4v) is 3.96. The Labute approximate surface area is 167 Å². The Morgan fingerprint density at radius 3 is 2.76 bits per heavy atom. The number of nitrogens with one attached hydrogen (secondary N) is 1. The number of rotatable bonds is 5. The molecule has 0 saturated carbocycles. The van der Waals surface area contributed by atoms with Gasteiger partial charge in [-0.3, -0.25) is 9.69 Å². The summed E-state index contributed by atoms with van der Waals surface area (Å²) in [5.74, 6) is 0.443. The van der Waals surface area contributed by atoms with Crippen LogP contribution in [0.5, 0.6) is 5.75 Å². The van der Waals surface area contributed by atoms with E-state index in [1.165, 1.54) is 0 Å². The lowest BCUT2D eigenvalue weighted by Gasteiger charge is -2.38. The topological polar surface area (TPSA) is 105 Å². The van der Waals surface area contributed by atoms with E-state index in [1.807, 2.05) is 28.0 Å². The second kappa shape index (κ2) is 7.81. The molecule has 2 aromatic heterocycles. The molecule has 1 aliphatic heterocycles. The number of benzene rings is 1. The molecule has 148 valence electrons. The first-order valence-electron chi connectivity index (χ1n) is 9.35. The van der Waals surface area contributed by atoms with Gasteiger partial charge in [-0.1, -0.05) is 12.1 Å². The lowest BCUT2D eigenvalue weighted by Crippen LogP contribution is -2.49. The molecule has 3 aromatic rings. The second-order valence-electron chi connectivity index (χ2n) is 6.88. The van der Waals surface area contributed by atoms with Gasteiger partial charge in [0.1, 0.15) is 23.7 Å². The Morgan fingerprint density at radius 2 is 2.07 bits per heavy atom. The number of anilines is 1. The number of methoxy groups -OCH3 is 1. The minimum Gasteiger partial charge on any atom is -0.495 e. The predicted molar refractivity (Wildman–Crippen MR) is 108 cm³/mol. The molecule has 29 heavy (non-hydrogen) atoms. The van der Waals surface area contributed by atoms with Crippen molar-refractivity contribution >= 4 is 22.7 Å². The number of pyridine rings is 1. The molecule has 0 unspecified atom stereocenters. The summed E-state index contributed by atoms with van der Waals surface area (Å²) in [5.41, 5.74) is 2.04. The van der Waals surface area contributed by atoms with Gasteiger partial charge >= 0.3 is 5.97 Å². The zero-order chi connectivity index (χ0) is 20.4. The minimum absolute atomic E-state index is 0.527. The molecular formula is C21H21N5O3. The van der Waals surface area contributed by atoms with Gasteiger partial charge < -0.3 is 19.7 Å². The zero-order valence-corrected chi connectivity index (χ0v) is 16.0. The first-order chi connectivity index (χ1) is 14.1. The number of hydrogen-bond donors (Lipinski definition) is 2. The normalized spacial score (nSPS) is 15.8. The van der Waals surface area contributed by atoms with Gasteiger partial charge in [-0.05, 0) is 18.2 Å². The monoisotopic (exact) mass is 391 g/mol. The number of aromatic nitrogens is 2. The van der Waals surface area contributed by atoms with Gasteiger partial charge in [-0.2, -0.15) is 5.26 Å². The van der Waals surface area contributed by atoms with Crippen LogP contribution in [-0.4, -0.2) is 59.2 Å². The molecule has 0 aliphatic carbocycles. The van der Waals surface area contributed by atoms with Crippen LogP contribution in [0.25, 0.3) is 10.9 Å². The number of carbonyl (C=O) groups is 1. The van der Waals surface area contributed by atoms with Gasteiger partial charge in [0.15, 0.2) is 0 Å². The lowest BCUT2D eigenvalue weighted by atomic mass is 10.0. The quantitative estimate of drug-likeness (QED) is 0.688. The number of piperazine rings is 1. The van der Waals surface area contributed by atoms with E-state index >= 15 is 0 Å². The van der Waals surface area contributed by atoms with Crippen LogP contribution in [0.4, 0.5) is 5.82 Å². The van der Waals surface area contributed by atoms with Crippen LogP contribution in [0.15, 0.2) is 42.7 Å². The molecule has 0 radical (unpaired) electrons. The van der Waals surface area contributed by atoms with E-state index in [4.69, 9.17) is 4.74 Å². The maximum Gasteiger partial charge on any atom is 0.325 e. The number of ether oxygens (including phenoxy) is 1. The number of carboxylic acids is 1. The third kappa shape index (κ3) is 3.37. The fraction of sp³-hybridized carbons (Fsp3) is 0.286. The fourth-order valence-electron chi connectivity index (χ4n) is 3.96. The standard InChI is InChI=1S/C21H21N5O3/c1-29-17-6-2-5-15-16(13-24-18(15)17)19(21(27)28)25-8-10-26(11-9-25)20-14(12-22)4-3-7-23-20/h2-7,13,19,24H,8-11H2,1H3,(H,27,28)/t19-/m1/s1. The highest BCUT2D eigenvalue weighted by Crippen LogP contribution is 2.33. The Bertz CT molecular complexity index is 1080. The molecule has 1 aromatic carbocycles. The van der Waals surface area contributed by atoms with E-state index in [1.54, 1.807) is 31.6 Å². The summed E-state index contributed by atoms with van der Waals surface area (Å²) in [6, 6.07) is 10.5. The molecule has 8 heteroatoms. The number of H-pyrrole nitrogens is 1. The molecule has 1 aliphatic rings. The maximum atomic E-state index is 12.2. The summed E-state index contributed by atoms with van der Waals surface area (Å²) in [6.45, 7) is 2.30. The van der Waals surface area contributed by atoms with Crippen LogP contribution in [0.1, 0.15) is 17.2 Å². The molecule has 3 heterocycles. The molecule has 4 rings (SSSR count). The van der Waals surface area contributed by atoms with E-state index in [2.05, 4.69) is 16.0 Å². The summed E-state index contributed by atoms with van der Waals surface area (Å²) in [5, 5.41) is 20.1. The number of fused-ring (bicyclic) bond motifs is 1. The van der Waals surface area contributed by atoms with Crippen molar-refractivity contribution in [1.29, 1.82) is 5.26 Å². The molecule has 2 N–H and O–H groups in total. The Kier molecular flexibility index (Phi) is 5.06. The summed E-state index contributed by atoms with van der Waals surface area (Å²) < 4.78 is 5.38. The van der Waals surface area contributed by atoms with Crippen LogP contribution >= 0.6 is 0 Å². The number of nitriles is 1. The van der Waals surface area contributed by atoms with Crippen LogP contribution in [-0.2, 0) is 4.79 Å². The summed E-state index contributed by atoms with van der Waals surface area (Å²) in [6.07, 6.45) is 3.42. The van der Waals surface area contributed by atoms with Gasteiger partial charge in [0.25, 0.3) is 0 Å². The van der Waals surface area contributed by atoms with E-state index in [0.29, 0.717) is 43.3 Å². The smallest absolute Gasteiger partial charge is 0.325 e. The summed E-state index contributed by atoms with van der Waals surface area (Å²) >= 11 is 0. The minimum atomic E-state index is -0.891. The Morgan fingerprint density at radius 1 is 1.28 bits per heavy atom. The zero-order valence-electron chi connectivity index (χ0n) is 16.0. The molecule has 1 atom stereocenters. The molecular weight excluding hydrogens is 370 g/mol. The highest BCUT2D eigenvalue weighted by molar-refractivity contribution is 5.92. The summed E-state index contributed by atoms with van der Waals surface area (Å²) in [7, 11) is 1.59. The van der Waals surface area contributed by atoms with Crippen molar-refractivity contribution in [2.45, 2.75) is 6.04 Å². The van der Waals surface area contributed by atoms with E-state index in [-0.39, 0.29) is 0 Å². The van der Waals surface area contributed by atoms with Crippen LogP contribution in [0.3, 0.4) is 0 Å². The molecule has 0 bridgehead atoms. The number of aromatic amines is 1. The molecule has 0 spiro atoms. The average molecular weight is 391 g/mol. The SMILES string of the molecule is COc1cccc2c([C@H](C(=O)O)N3CCN(c4ncccc4C#N)CC3)c[nH]c12. The molecule has 1 fully saturated rings. The van der Waals surface area contributed by atoms with Gasteiger partial charge in [-0.25, -0.2) is 4.98 Å². The molecule has 1 saturated heterocycles. The number of nitrogens with zero attached hydrogens (tertiary/aromatic N) is 4. The number of aliphatic carboxylic acids is 1. The first kappa shape index (κ1) is 18.8. The van der Waals surface area contributed by atoms with Crippen LogP contribution < -0.4 is 9.64 Å². The van der Waals surface area contributed by atoms with Crippen LogP contribution in [0.2, 0.25) is 0 Å². The van der Waals surface area contributed by atoms with Crippen molar-refractivity contribution < 1.29 is 14.6 Å². The van der Waals surface area contributed by atoms with Crippen molar-refractivity contribution in [3.63, 3.8) is 0 Å². The molecule has 8 nitrogen and oxygen atoms in total. The second-order valence-corrected chi connectivity index (χ2v) is 6.88. The van der Waals surface area contributed by atoms with Crippen LogP contribution in [0, 0.1) is 11.3 Å². The van der Waals surface area contributed by atoms with Crippen molar-refractivity contribution in [3.05, 3.63) is 53.9 Å². The lowest BCUT2D eigenvalue weighted by molar-refractivity contribution is -0.143. The van der Waals surface area contributed by atoms with E-state index in [9.17, 15) is 15.2 Å². The molecule has 0 amide bonds. The highest BCUT2D eigenvalue weighted by Gasteiger charge is 2.33. The largest absolute Gasteiger partial charge is 0.495 e. The van der Waals surface area contributed by atoms with E-state index in [0.717, 1.165) is 16.5 Å². The summed E-state index contributed by atoms with van der Waals surface area (Å²) in [4.78, 5) is 23.7. The maximum absolute atomic E-state index is 12.2. The highest BCUT2D eigenvalue weighted by atomic mass is 16.5. The number of carboxylic acid groups (broad SMARTS) is 1. The van der Waals surface area contributed by atoms with Gasteiger partial charge in [0, 0.05) is 49.5 Å². The first-order valence-corrected chi connectivity index (χ1v) is 9.35. The van der Waals surface area contributed by atoms with Crippen molar-refractivity contribution in [2.75, 3.05) is 38.2 Å². The third-order valence-corrected chi connectivity index (χ3v) is 5.34. The van der Waals surface area contributed by atoms with Gasteiger partial charge in [0.2, 0.25) is 0 Å². The van der Waals surface area contributed by atoms with E-state index < -0.39 is 12.0 Å². The Balaban J connectivity index is 1.59. The van der Waals surface area contributed by atoms with Crippen molar-refractivity contribution in [3.8, 4) is 11.8 Å². The van der Waals surface area contributed by atoms with Crippen molar-refractivity contribution in [2.24, 2.45) is 0 Å². The average Bonchev–Trinajstić information content (AvgIpc) is 3.18. The number of hydrogen-bond acceptors (Lipinski definition) is 6. The van der Waals surface area contributed by atoms with Gasteiger partial charge in [0.05, 0.1) is 18.2 Å².